The number of amides is 1. The van der Waals surface area contributed by atoms with Gasteiger partial charge in [0.05, 0.1) is 12.7 Å². The molecule has 2 rings (SSSR count). The summed E-state index contributed by atoms with van der Waals surface area (Å²) in [6.07, 6.45) is 2.62. The molecule has 0 unspecified atom stereocenters. The third kappa shape index (κ3) is 4.56. The maximum Gasteiger partial charge on any atom is 0.253 e. The Morgan fingerprint density at radius 3 is 2.71 bits per heavy atom. The van der Waals surface area contributed by atoms with Gasteiger partial charge in [0, 0.05) is 24.8 Å². The lowest BCUT2D eigenvalue weighted by Crippen LogP contribution is -2.31. The smallest absolute Gasteiger partial charge is 0.253 e. The fourth-order valence-corrected chi connectivity index (χ4v) is 1.98. The van der Waals surface area contributed by atoms with Gasteiger partial charge in [-0.15, -0.1) is 0 Å². The predicted octanol–water partition coefficient (Wildman–Crippen LogP) is 1.16. The molecule has 0 aliphatic carbocycles. The summed E-state index contributed by atoms with van der Waals surface area (Å²) in [5, 5.41) is 2.81. The molecule has 1 aromatic carbocycles. The van der Waals surface area contributed by atoms with Crippen molar-refractivity contribution in [3.05, 3.63) is 64.3 Å². The zero-order valence-corrected chi connectivity index (χ0v) is 12.1. The summed E-state index contributed by atoms with van der Waals surface area (Å²) in [5.41, 5.74) is 1.67. The van der Waals surface area contributed by atoms with Crippen LogP contribution in [0.15, 0.2) is 47.5 Å². The highest BCUT2D eigenvalue weighted by Crippen LogP contribution is 1.98. The molecule has 5 heteroatoms. The second-order valence-electron chi connectivity index (χ2n) is 4.78. The van der Waals surface area contributed by atoms with Crippen LogP contribution < -0.4 is 10.9 Å². The van der Waals surface area contributed by atoms with Crippen LogP contribution in [0.3, 0.4) is 0 Å². The lowest BCUT2D eigenvalue weighted by atomic mass is 10.1. The van der Waals surface area contributed by atoms with E-state index in [0.717, 1.165) is 17.7 Å². The molecule has 0 aliphatic heterocycles. The summed E-state index contributed by atoms with van der Waals surface area (Å²) >= 11 is 0. The minimum absolute atomic E-state index is 0.0487. The van der Waals surface area contributed by atoms with Crippen LogP contribution in [0, 0.1) is 0 Å². The van der Waals surface area contributed by atoms with Gasteiger partial charge in [0.2, 0.25) is 5.91 Å². The molecule has 1 aromatic heterocycles. The fraction of sp³-hybridized carbons (Fsp3) is 0.312. The van der Waals surface area contributed by atoms with Crippen molar-refractivity contribution in [2.75, 3.05) is 6.54 Å². The Labute approximate surface area is 123 Å². The third-order valence-corrected chi connectivity index (χ3v) is 3.18. The molecule has 0 radical (unpaired) electrons. The van der Waals surface area contributed by atoms with Gasteiger partial charge < -0.3 is 5.32 Å². The first-order valence-electron chi connectivity index (χ1n) is 7.05. The Morgan fingerprint density at radius 1 is 1.29 bits per heavy atom. The number of hydrogen-bond acceptors (Lipinski definition) is 3. The minimum atomic E-state index is -0.0841. The first kappa shape index (κ1) is 15.0. The normalized spacial score (nSPS) is 10.3. The number of nitrogens with one attached hydrogen (secondary N) is 1. The van der Waals surface area contributed by atoms with E-state index in [-0.39, 0.29) is 11.5 Å². The summed E-state index contributed by atoms with van der Waals surface area (Å²) in [7, 11) is 0. The van der Waals surface area contributed by atoms with E-state index >= 15 is 0 Å². The van der Waals surface area contributed by atoms with E-state index in [4.69, 9.17) is 0 Å². The molecule has 21 heavy (non-hydrogen) atoms. The van der Waals surface area contributed by atoms with Crippen molar-refractivity contribution in [1.82, 2.24) is 14.9 Å². The predicted molar refractivity (Wildman–Crippen MR) is 81.0 cm³/mol. The molecular formula is C16H19N3O2. The molecule has 110 valence electrons. The Kier molecular flexibility index (Phi) is 5.26. The zero-order valence-electron chi connectivity index (χ0n) is 12.1. The Balaban J connectivity index is 1.81. The van der Waals surface area contributed by atoms with Crippen LogP contribution in [0.25, 0.3) is 0 Å². The fourth-order valence-electron chi connectivity index (χ4n) is 1.98. The molecular weight excluding hydrogens is 266 g/mol. The van der Waals surface area contributed by atoms with Crippen LogP contribution in [0.2, 0.25) is 0 Å². The van der Waals surface area contributed by atoms with Crippen LogP contribution >= 0.6 is 0 Å². The standard InChI is InChI=1S/C16H19N3O2/c1-2-14-11-16(21)19(12-18-14)9-8-17-15(20)10-13-6-4-3-5-7-13/h3-7,11-12H,2,8-10H2,1H3,(H,17,20). The van der Waals surface area contributed by atoms with Crippen molar-refractivity contribution in [2.24, 2.45) is 0 Å². The number of nitrogens with zero attached hydrogens (tertiary/aromatic N) is 2. The van der Waals surface area contributed by atoms with Gasteiger partial charge in [0.1, 0.15) is 0 Å². The first-order valence-corrected chi connectivity index (χ1v) is 7.05. The quantitative estimate of drug-likeness (QED) is 0.866. The van der Waals surface area contributed by atoms with E-state index in [1.54, 1.807) is 0 Å². The topological polar surface area (TPSA) is 64.0 Å². The lowest BCUT2D eigenvalue weighted by molar-refractivity contribution is -0.120. The third-order valence-electron chi connectivity index (χ3n) is 3.18. The molecule has 0 atom stereocenters. The maximum absolute atomic E-state index is 11.8. The van der Waals surface area contributed by atoms with Gasteiger partial charge in [0.15, 0.2) is 0 Å². The van der Waals surface area contributed by atoms with Crippen molar-refractivity contribution in [3.8, 4) is 0 Å². The van der Waals surface area contributed by atoms with Crippen molar-refractivity contribution in [3.63, 3.8) is 0 Å². The molecule has 1 N–H and O–H groups in total. The molecule has 0 saturated carbocycles. The number of hydrogen-bond donors (Lipinski definition) is 1. The van der Waals surface area contributed by atoms with Crippen LogP contribution in [0.4, 0.5) is 0 Å². The molecule has 0 aliphatic rings. The number of aromatic nitrogens is 2. The Bertz CT molecular complexity index is 650. The molecule has 0 bridgehead atoms. The molecule has 5 nitrogen and oxygen atoms in total. The summed E-state index contributed by atoms with van der Waals surface area (Å²) in [4.78, 5) is 27.7. The van der Waals surface area contributed by atoms with Crippen LogP contribution in [-0.4, -0.2) is 22.0 Å². The average molecular weight is 285 g/mol. The molecule has 0 fully saturated rings. The molecule has 0 saturated heterocycles. The summed E-state index contributed by atoms with van der Waals surface area (Å²) in [5.74, 6) is -0.0487. The van der Waals surface area contributed by atoms with Gasteiger partial charge in [-0.2, -0.15) is 0 Å². The van der Waals surface area contributed by atoms with Crippen molar-refractivity contribution in [2.45, 2.75) is 26.3 Å². The zero-order chi connectivity index (χ0) is 15.1. The van der Waals surface area contributed by atoms with Crippen molar-refractivity contribution in [1.29, 1.82) is 0 Å². The van der Waals surface area contributed by atoms with E-state index in [1.807, 2.05) is 37.3 Å². The van der Waals surface area contributed by atoms with E-state index in [1.165, 1.54) is 17.0 Å². The van der Waals surface area contributed by atoms with Gasteiger partial charge in [-0.3, -0.25) is 14.2 Å². The van der Waals surface area contributed by atoms with E-state index in [0.29, 0.717) is 19.5 Å². The van der Waals surface area contributed by atoms with Crippen LogP contribution in [0.5, 0.6) is 0 Å². The number of rotatable bonds is 6. The van der Waals surface area contributed by atoms with Crippen molar-refractivity contribution < 1.29 is 4.79 Å². The Hall–Kier alpha value is -2.43. The first-order chi connectivity index (χ1) is 10.2. The lowest BCUT2D eigenvalue weighted by Gasteiger charge is -2.08. The Morgan fingerprint density at radius 2 is 2.05 bits per heavy atom. The second-order valence-corrected chi connectivity index (χ2v) is 4.78. The molecule has 1 amide bonds. The highest BCUT2D eigenvalue weighted by atomic mass is 16.1. The average Bonchev–Trinajstić information content (AvgIpc) is 2.50. The van der Waals surface area contributed by atoms with E-state index in [9.17, 15) is 9.59 Å². The largest absolute Gasteiger partial charge is 0.354 e. The van der Waals surface area contributed by atoms with Gasteiger partial charge >= 0.3 is 0 Å². The summed E-state index contributed by atoms with van der Waals surface area (Å²) < 4.78 is 1.50. The van der Waals surface area contributed by atoms with Gasteiger partial charge in [-0.25, -0.2) is 4.98 Å². The number of carbonyl (C=O) groups is 1. The monoisotopic (exact) mass is 285 g/mol. The summed E-state index contributed by atoms with van der Waals surface area (Å²) in [6, 6.07) is 11.1. The van der Waals surface area contributed by atoms with Crippen LogP contribution in [-0.2, 0) is 24.2 Å². The molecule has 0 spiro atoms. The van der Waals surface area contributed by atoms with E-state index in [2.05, 4.69) is 10.3 Å². The van der Waals surface area contributed by atoms with Crippen LogP contribution in [0.1, 0.15) is 18.2 Å². The number of benzene rings is 1. The maximum atomic E-state index is 11.8. The van der Waals surface area contributed by atoms with Gasteiger partial charge in [0.25, 0.3) is 5.56 Å². The van der Waals surface area contributed by atoms with Gasteiger partial charge in [-0.05, 0) is 12.0 Å². The summed E-state index contributed by atoms with van der Waals surface area (Å²) in [6.45, 7) is 2.80. The highest BCUT2D eigenvalue weighted by molar-refractivity contribution is 5.78. The number of aryl methyl sites for hydroxylation is 1. The highest BCUT2D eigenvalue weighted by Gasteiger charge is 2.03. The van der Waals surface area contributed by atoms with Gasteiger partial charge in [-0.1, -0.05) is 37.3 Å². The van der Waals surface area contributed by atoms with E-state index < -0.39 is 0 Å². The molecule has 2 aromatic rings. The van der Waals surface area contributed by atoms with Crippen molar-refractivity contribution >= 4 is 5.91 Å². The SMILES string of the molecule is CCc1cc(=O)n(CCNC(=O)Cc2ccccc2)cn1. The second kappa shape index (κ2) is 7.38. The number of carbonyl (C=O) groups excluding carboxylic acids is 1. The molecule has 1 heterocycles. The minimum Gasteiger partial charge on any atom is -0.354 e.